The molecular weight excluding hydrogens is 401 g/mol. The first-order chi connectivity index (χ1) is 14.5. The molecule has 2 nitrogen and oxygen atoms in total. The van der Waals surface area contributed by atoms with E-state index in [9.17, 15) is 13.2 Å². The molecule has 3 aromatic carbocycles. The summed E-state index contributed by atoms with van der Waals surface area (Å²) in [6.07, 6.45) is -0.907. The van der Waals surface area contributed by atoms with E-state index < -0.39 is 6.36 Å². The van der Waals surface area contributed by atoms with Gasteiger partial charge in [0.1, 0.15) is 17.2 Å². The minimum absolute atomic E-state index is 0.0397. The van der Waals surface area contributed by atoms with Gasteiger partial charge < -0.3 is 9.47 Å². The van der Waals surface area contributed by atoms with Crippen LogP contribution >= 0.6 is 0 Å². The van der Waals surface area contributed by atoms with Gasteiger partial charge in [-0.1, -0.05) is 69.3 Å². The van der Waals surface area contributed by atoms with Gasteiger partial charge in [-0.25, -0.2) is 0 Å². The van der Waals surface area contributed by atoms with Crippen LogP contribution in [-0.4, -0.2) is 6.36 Å². The molecule has 0 saturated carbocycles. The summed E-state index contributed by atoms with van der Waals surface area (Å²) >= 11 is 0. The van der Waals surface area contributed by atoms with Crippen molar-refractivity contribution in [3.05, 3.63) is 83.9 Å². The molecule has 0 fully saturated rings. The number of allylic oxidation sites excluding steroid dienone is 1. The van der Waals surface area contributed by atoms with Gasteiger partial charge in [0.2, 0.25) is 0 Å². The summed E-state index contributed by atoms with van der Waals surface area (Å²) < 4.78 is 47.9. The van der Waals surface area contributed by atoms with E-state index in [1.165, 1.54) is 23.8 Å². The van der Waals surface area contributed by atoms with Crippen LogP contribution in [0.2, 0.25) is 0 Å². The van der Waals surface area contributed by atoms with E-state index in [1.54, 1.807) is 6.07 Å². The van der Waals surface area contributed by atoms with E-state index >= 15 is 0 Å². The van der Waals surface area contributed by atoms with Crippen molar-refractivity contribution in [1.29, 1.82) is 0 Å². The summed E-state index contributed by atoms with van der Waals surface area (Å²) in [4.78, 5) is 0. The number of hydrogen-bond acceptors (Lipinski definition) is 2. The van der Waals surface area contributed by atoms with Gasteiger partial charge >= 0.3 is 6.36 Å². The highest BCUT2D eigenvalue weighted by atomic mass is 19.4. The zero-order valence-electron chi connectivity index (χ0n) is 18.0. The Balaban J connectivity index is 1.94. The Labute approximate surface area is 180 Å². The third-order valence-corrected chi connectivity index (χ3v) is 4.71. The van der Waals surface area contributed by atoms with Crippen LogP contribution in [0.25, 0.3) is 17.2 Å². The SMILES string of the molecule is C/C=C/c1ccc(-c2cccc(OC(F)(F)F)c2)cc1Oc1ccc(C(C)(C)C)cc1. The van der Waals surface area contributed by atoms with Gasteiger partial charge in [-0.2, -0.15) is 0 Å². The minimum Gasteiger partial charge on any atom is -0.457 e. The van der Waals surface area contributed by atoms with Crippen LogP contribution in [0.3, 0.4) is 0 Å². The molecular formula is C26H25F3O2. The van der Waals surface area contributed by atoms with Crippen LogP contribution < -0.4 is 9.47 Å². The Morgan fingerprint density at radius 3 is 2.06 bits per heavy atom. The summed E-state index contributed by atoms with van der Waals surface area (Å²) in [5, 5.41) is 0. The average molecular weight is 426 g/mol. The van der Waals surface area contributed by atoms with Crippen molar-refractivity contribution in [3.63, 3.8) is 0 Å². The fourth-order valence-electron chi connectivity index (χ4n) is 3.14. The molecule has 0 amide bonds. The van der Waals surface area contributed by atoms with Gasteiger partial charge in [0.25, 0.3) is 0 Å². The summed E-state index contributed by atoms with van der Waals surface area (Å²) in [6, 6.07) is 19.4. The third-order valence-electron chi connectivity index (χ3n) is 4.71. The second-order valence-electron chi connectivity index (χ2n) is 8.20. The van der Waals surface area contributed by atoms with Crippen molar-refractivity contribution in [1.82, 2.24) is 0 Å². The molecule has 5 heteroatoms. The lowest BCUT2D eigenvalue weighted by molar-refractivity contribution is -0.274. The predicted molar refractivity (Wildman–Crippen MR) is 118 cm³/mol. The lowest BCUT2D eigenvalue weighted by Gasteiger charge is -2.19. The Bertz CT molecular complexity index is 1060. The van der Waals surface area contributed by atoms with E-state index in [1.807, 2.05) is 61.5 Å². The van der Waals surface area contributed by atoms with Gasteiger partial charge in [0.05, 0.1) is 0 Å². The van der Waals surface area contributed by atoms with Crippen LogP contribution in [0.1, 0.15) is 38.8 Å². The molecule has 0 spiro atoms. The Morgan fingerprint density at radius 2 is 1.45 bits per heavy atom. The smallest absolute Gasteiger partial charge is 0.457 e. The molecule has 0 aliphatic carbocycles. The van der Waals surface area contributed by atoms with Gasteiger partial charge in [-0.05, 0) is 59.4 Å². The first-order valence-corrected chi connectivity index (χ1v) is 9.96. The lowest BCUT2D eigenvalue weighted by Crippen LogP contribution is -2.17. The number of halogens is 3. The van der Waals surface area contributed by atoms with Crippen LogP contribution in [0, 0.1) is 0 Å². The Kier molecular flexibility index (Phi) is 6.44. The average Bonchev–Trinajstić information content (AvgIpc) is 2.68. The van der Waals surface area contributed by atoms with Gasteiger partial charge in [-0.15, -0.1) is 13.2 Å². The third kappa shape index (κ3) is 6.14. The van der Waals surface area contributed by atoms with Crippen molar-refractivity contribution in [3.8, 4) is 28.4 Å². The Hall–Kier alpha value is -3.21. The summed E-state index contributed by atoms with van der Waals surface area (Å²) in [5.74, 6) is 1.04. The van der Waals surface area contributed by atoms with Gasteiger partial charge in [0.15, 0.2) is 0 Å². The van der Waals surface area contributed by atoms with E-state index in [2.05, 4.69) is 25.5 Å². The van der Waals surface area contributed by atoms with Crippen molar-refractivity contribution in [2.75, 3.05) is 0 Å². The van der Waals surface area contributed by atoms with Crippen LogP contribution in [-0.2, 0) is 5.41 Å². The molecule has 0 aromatic heterocycles. The maximum Gasteiger partial charge on any atom is 0.573 e. The van der Waals surface area contributed by atoms with E-state index in [0.29, 0.717) is 17.1 Å². The number of ether oxygens (including phenoxy) is 2. The molecule has 3 rings (SSSR count). The maximum absolute atomic E-state index is 12.6. The topological polar surface area (TPSA) is 18.5 Å². The summed E-state index contributed by atoms with van der Waals surface area (Å²) in [7, 11) is 0. The largest absolute Gasteiger partial charge is 0.573 e. The molecule has 0 aliphatic heterocycles. The number of hydrogen-bond donors (Lipinski definition) is 0. The number of benzene rings is 3. The second kappa shape index (κ2) is 8.88. The van der Waals surface area contributed by atoms with Crippen LogP contribution in [0.4, 0.5) is 13.2 Å². The normalized spacial score (nSPS) is 12.2. The van der Waals surface area contributed by atoms with Crippen molar-refractivity contribution in [2.45, 2.75) is 39.5 Å². The molecule has 3 aromatic rings. The molecule has 31 heavy (non-hydrogen) atoms. The standard InChI is InChI=1S/C26H25F3O2/c1-5-7-18-10-11-20(19-8-6-9-23(16-19)31-26(27,28)29)17-24(18)30-22-14-12-21(13-15-22)25(2,3)4/h5-17H,1-4H3/b7-5+. The highest BCUT2D eigenvalue weighted by Gasteiger charge is 2.31. The predicted octanol–water partition coefficient (Wildman–Crippen LogP) is 8.38. The molecule has 0 N–H and O–H groups in total. The fourth-order valence-corrected chi connectivity index (χ4v) is 3.14. The van der Waals surface area contributed by atoms with Crippen molar-refractivity contribution < 1.29 is 22.6 Å². The first-order valence-electron chi connectivity index (χ1n) is 9.96. The zero-order valence-corrected chi connectivity index (χ0v) is 18.0. The molecule has 0 atom stereocenters. The molecule has 0 unspecified atom stereocenters. The molecule has 0 heterocycles. The van der Waals surface area contributed by atoms with Crippen molar-refractivity contribution >= 4 is 6.08 Å². The highest BCUT2D eigenvalue weighted by Crippen LogP contribution is 2.34. The highest BCUT2D eigenvalue weighted by molar-refractivity contribution is 5.71. The number of rotatable bonds is 5. The zero-order chi connectivity index (χ0) is 22.6. The van der Waals surface area contributed by atoms with E-state index in [0.717, 1.165) is 11.1 Å². The first kappa shape index (κ1) is 22.5. The summed E-state index contributed by atoms with van der Waals surface area (Å²) in [6.45, 7) is 8.35. The van der Waals surface area contributed by atoms with Gasteiger partial charge in [-0.3, -0.25) is 0 Å². The molecule has 0 bridgehead atoms. The monoisotopic (exact) mass is 426 g/mol. The number of alkyl halides is 3. The van der Waals surface area contributed by atoms with Crippen molar-refractivity contribution in [2.24, 2.45) is 0 Å². The lowest BCUT2D eigenvalue weighted by atomic mass is 9.87. The second-order valence-corrected chi connectivity index (χ2v) is 8.20. The molecule has 0 saturated heterocycles. The van der Waals surface area contributed by atoms with E-state index in [4.69, 9.17) is 4.74 Å². The maximum atomic E-state index is 12.6. The quantitative estimate of drug-likeness (QED) is 0.408. The Morgan fingerprint density at radius 1 is 0.774 bits per heavy atom. The minimum atomic E-state index is -4.73. The molecule has 0 aliphatic rings. The van der Waals surface area contributed by atoms with Gasteiger partial charge in [0, 0.05) is 5.56 Å². The molecule has 162 valence electrons. The van der Waals surface area contributed by atoms with E-state index in [-0.39, 0.29) is 11.2 Å². The summed E-state index contributed by atoms with van der Waals surface area (Å²) in [5.41, 5.74) is 3.43. The molecule has 0 radical (unpaired) electrons. The fraction of sp³-hybridized carbons (Fsp3) is 0.231. The van der Waals surface area contributed by atoms with Crippen LogP contribution in [0.5, 0.6) is 17.2 Å². The van der Waals surface area contributed by atoms with Crippen LogP contribution in [0.15, 0.2) is 72.8 Å².